The molecule has 27 heavy (non-hydrogen) atoms. The molecule has 0 bridgehead atoms. The van der Waals surface area contributed by atoms with E-state index >= 15 is 0 Å². The van der Waals surface area contributed by atoms with Crippen molar-refractivity contribution >= 4 is 11.9 Å². The SMILES string of the molecule is CCC(C)(C)CC(C)(C(=O)OC1C(CCC#N)CC2CC(=O)OC21)C(C)C. The van der Waals surface area contributed by atoms with E-state index in [4.69, 9.17) is 14.7 Å². The predicted octanol–water partition coefficient (Wildman–Crippen LogP) is 4.64. The number of esters is 2. The first-order valence-electron chi connectivity index (χ1n) is 10.3. The molecule has 2 fully saturated rings. The fourth-order valence-electron chi connectivity index (χ4n) is 4.56. The second kappa shape index (κ2) is 8.20. The standard InChI is InChI=1S/C22H35NO4/c1-7-21(4,5)13-22(6,14(2)3)20(25)27-18-15(9-8-10-23)11-16-12-17(24)26-19(16)18/h14-16,18-19H,7-9,11-13H2,1-6H3. The molecule has 0 aromatic heterocycles. The highest BCUT2D eigenvalue weighted by molar-refractivity contribution is 5.77. The van der Waals surface area contributed by atoms with Gasteiger partial charge in [-0.05, 0) is 37.5 Å². The second-order valence-electron chi connectivity index (χ2n) is 9.75. The minimum Gasteiger partial charge on any atom is -0.458 e. The van der Waals surface area contributed by atoms with Crippen molar-refractivity contribution in [3.63, 3.8) is 0 Å². The van der Waals surface area contributed by atoms with Gasteiger partial charge >= 0.3 is 11.9 Å². The van der Waals surface area contributed by atoms with Gasteiger partial charge in [0, 0.05) is 18.3 Å². The Bertz CT molecular complexity index is 606. The molecule has 5 unspecified atom stereocenters. The van der Waals surface area contributed by atoms with E-state index in [-0.39, 0.29) is 41.2 Å². The number of fused-ring (bicyclic) bond motifs is 1. The maximum Gasteiger partial charge on any atom is 0.312 e. The van der Waals surface area contributed by atoms with Gasteiger partial charge in [-0.25, -0.2) is 0 Å². The van der Waals surface area contributed by atoms with Crippen molar-refractivity contribution in [2.75, 3.05) is 0 Å². The molecule has 5 atom stereocenters. The maximum absolute atomic E-state index is 13.3. The number of hydrogen-bond acceptors (Lipinski definition) is 5. The van der Waals surface area contributed by atoms with Crippen molar-refractivity contribution in [1.82, 2.24) is 0 Å². The molecule has 5 heteroatoms. The smallest absolute Gasteiger partial charge is 0.312 e. The lowest BCUT2D eigenvalue weighted by molar-refractivity contribution is -0.176. The molecule has 152 valence electrons. The van der Waals surface area contributed by atoms with Crippen molar-refractivity contribution in [2.45, 2.75) is 92.3 Å². The van der Waals surface area contributed by atoms with Crippen molar-refractivity contribution in [3.05, 3.63) is 0 Å². The van der Waals surface area contributed by atoms with Crippen LogP contribution in [0.2, 0.25) is 0 Å². The van der Waals surface area contributed by atoms with Crippen molar-refractivity contribution < 1.29 is 19.1 Å². The summed E-state index contributed by atoms with van der Waals surface area (Å²) in [5, 5.41) is 8.95. The van der Waals surface area contributed by atoms with E-state index < -0.39 is 11.5 Å². The van der Waals surface area contributed by atoms with E-state index in [0.29, 0.717) is 19.3 Å². The highest BCUT2D eigenvalue weighted by Crippen LogP contribution is 2.47. The van der Waals surface area contributed by atoms with Crippen LogP contribution >= 0.6 is 0 Å². The Morgan fingerprint density at radius 1 is 1.37 bits per heavy atom. The molecule has 0 spiro atoms. The zero-order chi connectivity index (χ0) is 20.4. The first kappa shape index (κ1) is 21.7. The number of nitrogens with zero attached hydrogens (tertiary/aromatic N) is 1. The van der Waals surface area contributed by atoms with Crippen LogP contribution in [0.3, 0.4) is 0 Å². The molecule has 1 saturated heterocycles. The summed E-state index contributed by atoms with van der Waals surface area (Å²) in [7, 11) is 0. The molecule has 0 amide bonds. The molecule has 1 aliphatic carbocycles. The quantitative estimate of drug-likeness (QED) is 0.576. The number of carbonyl (C=O) groups excluding carboxylic acids is 2. The predicted molar refractivity (Wildman–Crippen MR) is 102 cm³/mol. The number of ether oxygens (including phenoxy) is 2. The van der Waals surface area contributed by atoms with Crippen LogP contribution in [0.5, 0.6) is 0 Å². The zero-order valence-corrected chi connectivity index (χ0v) is 17.7. The second-order valence-corrected chi connectivity index (χ2v) is 9.75. The molecule has 2 aliphatic rings. The topological polar surface area (TPSA) is 76.4 Å². The molecule has 5 nitrogen and oxygen atoms in total. The van der Waals surface area contributed by atoms with Gasteiger partial charge in [0.05, 0.1) is 17.9 Å². The van der Waals surface area contributed by atoms with Crippen LogP contribution in [-0.2, 0) is 19.1 Å². The van der Waals surface area contributed by atoms with Gasteiger partial charge in [-0.15, -0.1) is 0 Å². The van der Waals surface area contributed by atoms with Crippen molar-refractivity contribution in [3.8, 4) is 6.07 Å². The Balaban J connectivity index is 2.20. The lowest BCUT2D eigenvalue weighted by atomic mass is 9.67. The van der Waals surface area contributed by atoms with E-state index in [1.807, 2.05) is 6.92 Å². The monoisotopic (exact) mass is 377 g/mol. The molecule has 0 aromatic rings. The van der Waals surface area contributed by atoms with Gasteiger partial charge in [0.25, 0.3) is 0 Å². The third-order valence-electron chi connectivity index (χ3n) is 6.97. The summed E-state index contributed by atoms with van der Waals surface area (Å²) in [4.78, 5) is 25.0. The van der Waals surface area contributed by atoms with Crippen LogP contribution in [0, 0.1) is 39.9 Å². The Morgan fingerprint density at radius 3 is 2.59 bits per heavy atom. The van der Waals surface area contributed by atoms with Gasteiger partial charge in [0.15, 0.2) is 0 Å². The van der Waals surface area contributed by atoms with Crippen LogP contribution < -0.4 is 0 Å². The average molecular weight is 378 g/mol. The highest BCUT2D eigenvalue weighted by Gasteiger charge is 2.53. The first-order valence-corrected chi connectivity index (χ1v) is 10.3. The summed E-state index contributed by atoms with van der Waals surface area (Å²) < 4.78 is 11.6. The van der Waals surface area contributed by atoms with Crippen LogP contribution in [0.1, 0.15) is 80.1 Å². The number of nitriles is 1. The number of carbonyl (C=O) groups is 2. The van der Waals surface area contributed by atoms with Crippen molar-refractivity contribution in [1.29, 1.82) is 5.26 Å². The summed E-state index contributed by atoms with van der Waals surface area (Å²) >= 11 is 0. The fraction of sp³-hybridized carbons (Fsp3) is 0.864. The molecule has 1 aliphatic heterocycles. The van der Waals surface area contributed by atoms with Crippen LogP contribution in [-0.4, -0.2) is 24.1 Å². The first-order chi connectivity index (χ1) is 12.5. The van der Waals surface area contributed by atoms with Gasteiger partial charge in [-0.3, -0.25) is 9.59 Å². The van der Waals surface area contributed by atoms with Crippen molar-refractivity contribution in [2.24, 2.45) is 28.6 Å². The third kappa shape index (κ3) is 4.65. The molecule has 0 aromatic carbocycles. The van der Waals surface area contributed by atoms with E-state index in [2.05, 4.69) is 40.7 Å². The fourth-order valence-corrected chi connectivity index (χ4v) is 4.56. The average Bonchev–Trinajstić information content (AvgIpc) is 3.09. The summed E-state index contributed by atoms with van der Waals surface area (Å²) in [5.41, 5.74) is -0.559. The van der Waals surface area contributed by atoms with Gasteiger partial charge in [-0.2, -0.15) is 5.26 Å². The minimum absolute atomic E-state index is 0.0380. The van der Waals surface area contributed by atoms with Crippen LogP contribution in [0.4, 0.5) is 0 Å². The van der Waals surface area contributed by atoms with Crippen LogP contribution in [0.15, 0.2) is 0 Å². The molecular weight excluding hydrogens is 342 g/mol. The lowest BCUT2D eigenvalue weighted by Gasteiger charge is -2.39. The third-order valence-corrected chi connectivity index (χ3v) is 6.97. The summed E-state index contributed by atoms with van der Waals surface area (Å²) in [6.07, 6.45) is 3.25. The Kier molecular flexibility index (Phi) is 6.60. The summed E-state index contributed by atoms with van der Waals surface area (Å²) in [6.45, 7) is 12.6. The van der Waals surface area contributed by atoms with Crippen LogP contribution in [0.25, 0.3) is 0 Å². The highest BCUT2D eigenvalue weighted by atomic mass is 16.6. The Labute approximate surface area is 163 Å². The van der Waals surface area contributed by atoms with E-state index in [1.165, 1.54) is 0 Å². The maximum atomic E-state index is 13.3. The Hall–Kier alpha value is -1.57. The molecule has 0 N–H and O–H groups in total. The molecular formula is C22H35NO4. The molecule has 2 rings (SSSR count). The number of hydrogen-bond donors (Lipinski definition) is 0. The summed E-state index contributed by atoms with van der Waals surface area (Å²) in [6, 6.07) is 2.18. The molecule has 0 radical (unpaired) electrons. The lowest BCUT2D eigenvalue weighted by Crippen LogP contribution is -2.43. The van der Waals surface area contributed by atoms with Gasteiger partial charge < -0.3 is 9.47 Å². The van der Waals surface area contributed by atoms with E-state index in [1.54, 1.807) is 0 Å². The summed E-state index contributed by atoms with van der Waals surface area (Å²) in [5.74, 6) is -0.0708. The number of rotatable bonds is 8. The van der Waals surface area contributed by atoms with Gasteiger partial charge in [0.2, 0.25) is 0 Å². The largest absolute Gasteiger partial charge is 0.458 e. The zero-order valence-electron chi connectivity index (χ0n) is 17.7. The minimum atomic E-state index is -0.597. The molecule has 1 heterocycles. The molecule has 1 saturated carbocycles. The van der Waals surface area contributed by atoms with E-state index in [0.717, 1.165) is 19.3 Å². The van der Waals surface area contributed by atoms with Gasteiger partial charge in [0.1, 0.15) is 12.2 Å². The normalized spacial score (nSPS) is 29.8. The Morgan fingerprint density at radius 2 is 2.04 bits per heavy atom. The van der Waals surface area contributed by atoms with E-state index in [9.17, 15) is 9.59 Å². The van der Waals surface area contributed by atoms with Gasteiger partial charge in [-0.1, -0.05) is 41.0 Å².